The summed E-state index contributed by atoms with van der Waals surface area (Å²) in [5, 5.41) is 0. The van der Waals surface area contributed by atoms with E-state index in [1.807, 2.05) is 0 Å². The molecular weight excluding hydrogens is 344 g/mol. The van der Waals surface area contributed by atoms with E-state index in [9.17, 15) is 0 Å². The van der Waals surface area contributed by atoms with Crippen LogP contribution in [-0.4, -0.2) is 18.3 Å². The van der Waals surface area contributed by atoms with Gasteiger partial charge in [0, 0.05) is 0 Å². The van der Waals surface area contributed by atoms with Crippen LogP contribution in [0, 0.1) is 0 Å². The van der Waals surface area contributed by atoms with Gasteiger partial charge in [-0.15, -0.1) is 0 Å². The third-order valence-corrected chi connectivity index (χ3v) is 6.09. The van der Waals surface area contributed by atoms with Crippen molar-refractivity contribution in [2.75, 3.05) is 6.61 Å². The number of epoxide rings is 1. The molecule has 0 spiro atoms. The smallest absolute Gasteiger partial charge is 0.119 e. The van der Waals surface area contributed by atoms with E-state index in [1.165, 1.54) is 56.9 Å². The molecule has 0 amide bonds. The van der Waals surface area contributed by atoms with Gasteiger partial charge in [-0.25, -0.2) is 0 Å². The molecule has 0 N–H and O–H groups in total. The summed E-state index contributed by atoms with van der Waals surface area (Å²) in [6, 6.07) is 8.49. The highest BCUT2D eigenvalue weighted by Gasteiger charge is 2.50. The van der Waals surface area contributed by atoms with Crippen molar-refractivity contribution in [2.45, 2.75) is 110 Å². The number of ether oxygens (including phenoxy) is 2. The van der Waals surface area contributed by atoms with Gasteiger partial charge in [-0.3, -0.25) is 0 Å². The number of aryl methyl sites for hydroxylation is 1. The number of rotatable bonds is 15. The average Bonchev–Trinajstić information content (AvgIpc) is 3.36. The predicted molar refractivity (Wildman–Crippen MR) is 120 cm³/mol. The maximum absolute atomic E-state index is 6.06. The van der Waals surface area contributed by atoms with Gasteiger partial charge in [0.25, 0.3) is 0 Å². The maximum atomic E-state index is 6.06. The van der Waals surface area contributed by atoms with E-state index in [2.05, 4.69) is 58.0 Å². The predicted octanol–water partition coefficient (Wildman–Crippen LogP) is 7.65. The summed E-state index contributed by atoms with van der Waals surface area (Å²) in [5.74, 6) is 0.968. The van der Waals surface area contributed by atoms with Crippen molar-refractivity contribution >= 4 is 0 Å². The van der Waals surface area contributed by atoms with Crippen LogP contribution in [0.4, 0.5) is 0 Å². The quantitative estimate of drug-likeness (QED) is 0.175. The highest BCUT2D eigenvalue weighted by atomic mass is 16.6. The fourth-order valence-electron chi connectivity index (χ4n) is 3.93. The summed E-state index contributed by atoms with van der Waals surface area (Å²) < 4.78 is 12.0. The second kappa shape index (κ2) is 12.3. The summed E-state index contributed by atoms with van der Waals surface area (Å²) in [5.41, 5.74) is 3.06. The van der Waals surface area contributed by atoms with E-state index in [0.717, 1.165) is 25.0 Å². The molecule has 0 bridgehead atoms. The minimum absolute atomic E-state index is 0.154. The molecule has 1 aromatic carbocycles. The van der Waals surface area contributed by atoms with Crippen LogP contribution in [0.5, 0.6) is 5.75 Å². The monoisotopic (exact) mass is 386 g/mol. The number of allylic oxidation sites excluding steroid dienone is 1. The average molecular weight is 387 g/mol. The molecule has 2 rings (SSSR count). The fourth-order valence-corrected chi connectivity index (χ4v) is 3.93. The Morgan fingerprint density at radius 1 is 1.00 bits per heavy atom. The molecule has 158 valence electrons. The molecule has 1 aliphatic heterocycles. The second-order valence-electron chi connectivity index (χ2n) is 8.54. The Hall–Kier alpha value is -1.28. The van der Waals surface area contributed by atoms with Gasteiger partial charge in [0.2, 0.25) is 0 Å². The molecule has 0 aromatic heterocycles. The van der Waals surface area contributed by atoms with Crippen LogP contribution in [0.3, 0.4) is 0 Å². The van der Waals surface area contributed by atoms with Gasteiger partial charge in [-0.05, 0) is 69.2 Å². The molecule has 2 nitrogen and oxygen atoms in total. The third kappa shape index (κ3) is 7.99. The molecule has 1 saturated heterocycles. The van der Waals surface area contributed by atoms with Crippen molar-refractivity contribution in [1.29, 1.82) is 0 Å². The lowest BCUT2D eigenvalue weighted by Gasteiger charge is -2.10. The zero-order valence-corrected chi connectivity index (χ0v) is 18.8. The largest absolute Gasteiger partial charge is 0.490 e. The van der Waals surface area contributed by atoms with Gasteiger partial charge in [-0.1, -0.05) is 70.6 Å². The van der Waals surface area contributed by atoms with Crippen LogP contribution in [0.15, 0.2) is 35.9 Å². The molecule has 2 heteroatoms. The number of unbranched alkanes of at least 4 members (excludes halogenated alkanes) is 4. The van der Waals surface area contributed by atoms with E-state index in [1.54, 1.807) is 5.57 Å². The number of hydrogen-bond donors (Lipinski definition) is 0. The van der Waals surface area contributed by atoms with Crippen molar-refractivity contribution in [3.63, 3.8) is 0 Å². The molecule has 0 saturated carbocycles. The lowest BCUT2D eigenvalue weighted by molar-refractivity contribution is 0.288. The lowest BCUT2D eigenvalue weighted by Crippen LogP contribution is -2.10. The van der Waals surface area contributed by atoms with Gasteiger partial charge >= 0.3 is 0 Å². The maximum Gasteiger partial charge on any atom is 0.119 e. The molecule has 2 unspecified atom stereocenters. The van der Waals surface area contributed by atoms with E-state index in [-0.39, 0.29) is 5.60 Å². The summed E-state index contributed by atoms with van der Waals surface area (Å²) >= 11 is 0. The van der Waals surface area contributed by atoms with Crippen LogP contribution in [0.25, 0.3) is 0 Å². The molecule has 1 fully saturated rings. The van der Waals surface area contributed by atoms with Crippen molar-refractivity contribution in [3.8, 4) is 5.75 Å². The van der Waals surface area contributed by atoms with Crippen LogP contribution in [0.2, 0.25) is 0 Å². The van der Waals surface area contributed by atoms with E-state index in [0.29, 0.717) is 12.7 Å². The molecule has 1 aliphatic rings. The molecule has 1 heterocycles. The molecule has 0 radical (unpaired) electrons. The van der Waals surface area contributed by atoms with E-state index >= 15 is 0 Å². The van der Waals surface area contributed by atoms with E-state index < -0.39 is 0 Å². The van der Waals surface area contributed by atoms with Crippen molar-refractivity contribution in [2.24, 2.45) is 0 Å². The van der Waals surface area contributed by atoms with Crippen molar-refractivity contribution < 1.29 is 9.47 Å². The first-order valence-electron chi connectivity index (χ1n) is 11.7. The van der Waals surface area contributed by atoms with Gasteiger partial charge in [-0.2, -0.15) is 0 Å². The summed E-state index contributed by atoms with van der Waals surface area (Å²) in [4.78, 5) is 0. The third-order valence-electron chi connectivity index (χ3n) is 6.09. The molecule has 28 heavy (non-hydrogen) atoms. The van der Waals surface area contributed by atoms with Gasteiger partial charge in [0.15, 0.2) is 0 Å². The van der Waals surface area contributed by atoms with Gasteiger partial charge in [0.1, 0.15) is 12.4 Å². The van der Waals surface area contributed by atoms with Crippen LogP contribution >= 0.6 is 0 Å². The number of benzene rings is 1. The molecule has 1 aromatic rings. The Bertz CT molecular complexity index is 575. The summed E-state index contributed by atoms with van der Waals surface area (Å²) in [7, 11) is 0. The minimum atomic E-state index is 0.154. The first kappa shape index (κ1) is 23.0. The Morgan fingerprint density at radius 2 is 1.71 bits per heavy atom. The first-order chi connectivity index (χ1) is 13.6. The van der Waals surface area contributed by atoms with E-state index in [4.69, 9.17) is 9.47 Å². The second-order valence-corrected chi connectivity index (χ2v) is 8.54. The van der Waals surface area contributed by atoms with Gasteiger partial charge < -0.3 is 9.47 Å². The Labute approximate surface area is 173 Å². The van der Waals surface area contributed by atoms with Crippen LogP contribution in [-0.2, 0) is 11.2 Å². The van der Waals surface area contributed by atoms with Crippen molar-refractivity contribution in [3.05, 3.63) is 41.5 Å². The number of hydrogen-bond acceptors (Lipinski definition) is 2. The Morgan fingerprint density at radius 3 is 2.39 bits per heavy atom. The lowest BCUT2D eigenvalue weighted by atomic mass is 9.94. The Kier molecular flexibility index (Phi) is 10.1. The Balaban J connectivity index is 1.79. The fraction of sp³-hybridized carbons (Fsp3) is 0.692. The SMILES string of the molecule is CCCCC/C(=C\COc1ccc(CC)cc1)CCC1OC1(C)CCCCC. The molecule has 0 aliphatic carbocycles. The first-order valence-corrected chi connectivity index (χ1v) is 11.7. The van der Waals surface area contributed by atoms with Crippen LogP contribution < -0.4 is 4.74 Å². The normalized spacial score (nSPS) is 21.7. The molecular formula is C26H42O2. The standard InChI is InChI=1S/C26H42O2/c1-5-8-10-12-23(15-18-25-26(4,28-25)20-11-9-6-2)19-21-27-24-16-13-22(7-3)14-17-24/h13-14,16-17,19,25H,5-12,15,18,20-21H2,1-4H3/b23-19+. The highest BCUT2D eigenvalue weighted by Crippen LogP contribution is 2.44. The topological polar surface area (TPSA) is 21.8 Å². The highest BCUT2D eigenvalue weighted by molar-refractivity contribution is 5.27. The zero-order chi connectivity index (χ0) is 20.2. The zero-order valence-electron chi connectivity index (χ0n) is 18.8. The van der Waals surface area contributed by atoms with Gasteiger partial charge in [0.05, 0.1) is 11.7 Å². The summed E-state index contributed by atoms with van der Waals surface area (Å²) in [6.07, 6.45) is 16.4. The molecule has 2 atom stereocenters. The van der Waals surface area contributed by atoms with Crippen molar-refractivity contribution in [1.82, 2.24) is 0 Å². The minimum Gasteiger partial charge on any atom is -0.490 e. The van der Waals surface area contributed by atoms with Crippen LogP contribution in [0.1, 0.15) is 97.5 Å². The summed E-state index contributed by atoms with van der Waals surface area (Å²) in [6.45, 7) is 9.69.